The van der Waals surface area contributed by atoms with Crippen LogP contribution in [0.25, 0.3) is 0 Å². The molecule has 3 heterocycles. The Morgan fingerprint density at radius 3 is 2.58 bits per heavy atom. The molecule has 0 saturated carbocycles. The number of nitrogens with two attached hydrogens (primary N) is 1. The van der Waals surface area contributed by atoms with Crippen molar-refractivity contribution in [2.24, 2.45) is 0 Å². The first-order valence-electron chi connectivity index (χ1n) is 10.3. The zero-order valence-corrected chi connectivity index (χ0v) is 19.3. The fraction of sp³-hybridized carbons (Fsp3) is 0.500. The van der Waals surface area contributed by atoms with E-state index in [2.05, 4.69) is 15.3 Å². The number of ether oxygens (including phenoxy) is 1. The van der Waals surface area contributed by atoms with E-state index >= 15 is 0 Å². The van der Waals surface area contributed by atoms with Crippen LogP contribution in [0.15, 0.2) is 18.2 Å². The number of fused-ring (bicyclic) bond motifs is 1. The molecule has 2 aliphatic rings. The Morgan fingerprint density at radius 2 is 1.91 bits per heavy atom. The van der Waals surface area contributed by atoms with E-state index in [1.807, 2.05) is 0 Å². The molecule has 2 aromatic rings. The molecule has 1 saturated heterocycles. The lowest BCUT2D eigenvalue weighted by Crippen LogP contribution is -2.38. The average molecular weight is 506 g/mol. The van der Waals surface area contributed by atoms with Gasteiger partial charge in [0, 0.05) is 31.0 Å². The number of sulfonamides is 1. The maximum Gasteiger partial charge on any atom is 0.416 e. The van der Waals surface area contributed by atoms with Crippen LogP contribution in [0.1, 0.15) is 48.2 Å². The Morgan fingerprint density at radius 1 is 1.21 bits per heavy atom. The van der Waals surface area contributed by atoms with Crippen LogP contribution < -0.4 is 11.1 Å². The van der Waals surface area contributed by atoms with Gasteiger partial charge < -0.3 is 15.8 Å². The van der Waals surface area contributed by atoms with Gasteiger partial charge in [0.15, 0.2) is 0 Å². The van der Waals surface area contributed by atoms with Gasteiger partial charge in [-0.05, 0) is 55.1 Å². The average Bonchev–Trinajstić information content (AvgIpc) is 3.18. The smallest absolute Gasteiger partial charge is 0.399 e. The third-order valence-electron chi connectivity index (χ3n) is 5.83. The lowest BCUT2D eigenvalue weighted by atomic mass is 10.0. The van der Waals surface area contributed by atoms with Crippen molar-refractivity contribution in [3.8, 4) is 0 Å². The highest BCUT2D eigenvalue weighted by atomic mass is 35.5. The van der Waals surface area contributed by atoms with Crippen molar-refractivity contribution >= 4 is 33.1 Å². The van der Waals surface area contributed by atoms with Crippen molar-refractivity contribution in [3.63, 3.8) is 0 Å². The monoisotopic (exact) mass is 505 g/mol. The molecule has 0 unspecified atom stereocenters. The van der Waals surface area contributed by atoms with E-state index in [1.165, 1.54) is 10.4 Å². The molecule has 3 N–H and O–H groups in total. The molecule has 1 aromatic heterocycles. The van der Waals surface area contributed by atoms with Crippen LogP contribution in [0.2, 0.25) is 5.28 Å². The van der Waals surface area contributed by atoms with Crippen LogP contribution in [0.4, 0.5) is 24.7 Å². The summed E-state index contributed by atoms with van der Waals surface area (Å²) in [6.07, 6.45) is -3.70. The predicted molar refractivity (Wildman–Crippen MR) is 117 cm³/mol. The second kappa shape index (κ2) is 8.90. The third kappa shape index (κ3) is 5.03. The van der Waals surface area contributed by atoms with E-state index in [0.29, 0.717) is 42.9 Å². The largest absolute Gasteiger partial charge is 0.416 e. The molecule has 0 bridgehead atoms. The van der Waals surface area contributed by atoms with Crippen LogP contribution in [-0.4, -0.2) is 41.2 Å². The first kappa shape index (κ1) is 24.0. The summed E-state index contributed by atoms with van der Waals surface area (Å²) in [5.74, 6) is 0.276. The summed E-state index contributed by atoms with van der Waals surface area (Å²) in [6, 6.07) is 2.71. The first-order valence-corrected chi connectivity index (χ1v) is 12.2. The van der Waals surface area contributed by atoms with Gasteiger partial charge in [-0.15, -0.1) is 0 Å². The van der Waals surface area contributed by atoms with Crippen molar-refractivity contribution in [2.45, 2.75) is 50.3 Å². The SMILES string of the molecule is C[C@@H](Nc1nc(Cl)nc2c1CN(S(=O)(=O)C1CCOCC1)C2)c1cc(N)cc(C(F)(F)F)c1. The number of benzene rings is 1. The molecule has 1 fully saturated rings. The minimum absolute atomic E-state index is 0.0202. The number of halogens is 4. The zero-order valence-electron chi connectivity index (χ0n) is 17.7. The van der Waals surface area contributed by atoms with Gasteiger partial charge in [-0.2, -0.15) is 17.5 Å². The Labute approximate surface area is 194 Å². The molecule has 0 amide bonds. The number of rotatable bonds is 5. The minimum Gasteiger partial charge on any atom is -0.399 e. The standard InChI is InChI=1S/C20H23ClF3N5O3S/c1-11(12-6-13(20(22,23)24)8-14(25)7-12)26-18-16-9-29(10-17(16)27-19(21)28-18)33(30,31)15-2-4-32-5-3-15/h6-8,11,15H,2-5,9-10,25H2,1H3,(H,26,27,28)/t11-/m1/s1. The van der Waals surface area contributed by atoms with Crippen molar-refractivity contribution in [3.05, 3.63) is 45.9 Å². The molecule has 2 aliphatic heterocycles. The van der Waals surface area contributed by atoms with Crippen LogP contribution >= 0.6 is 11.6 Å². The third-order valence-corrected chi connectivity index (χ3v) is 8.29. The van der Waals surface area contributed by atoms with Crippen LogP contribution in [0, 0.1) is 0 Å². The minimum atomic E-state index is -4.54. The van der Waals surface area contributed by atoms with Gasteiger partial charge in [0.25, 0.3) is 0 Å². The van der Waals surface area contributed by atoms with Gasteiger partial charge >= 0.3 is 6.18 Å². The molecule has 1 atom stereocenters. The van der Waals surface area contributed by atoms with Crippen molar-refractivity contribution in [2.75, 3.05) is 24.3 Å². The summed E-state index contributed by atoms with van der Waals surface area (Å²) >= 11 is 6.06. The van der Waals surface area contributed by atoms with E-state index < -0.39 is 33.1 Å². The van der Waals surface area contributed by atoms with E-state index in [0.717, 1.165) is 12.1 Å². The Hall–Kier alpha value is -2.15. The second-order valence-electron chi connectivity index (χ2n) is 8.14. The number of alkyl halides is 3. The molecule has 0 radical (unpaired) electrons. The molecule has 180 valence electrons. The number of hydrogen-bond acceptors (Lipinski definition) is 7. The summed E-state index contributed by atoms with van der Waals surface area (Å²) in [7, 11) is -3.59. The number of nitrogens with one attached hydrogen (secondary N) is 1. The van der Waals surface area contributed by atoms with Crippen molar-refractivity contribution in [1.29, 1.82) is 0 Å². The Balaban J connectivity index is 1.59. The van der Waals surface area contributed by atoms with Crippen LogP contribution in [0.5, 0.6) is 0 Å². The lowest BCUT2D eigenvalue weighted by Gasteiger charge is -2.26. The number of hydrogen-bond donors (Lipinski definition) is 2. The highest BCUT2D eigenvalue weighted by Crippen LogP contribution is 2.36. The maximum absolute atomic E-state index is 13.2. The highest BCUT2D eigenvalue weighted by molar-refractivity contribution is 7.89. The van der Waals surface area contributed by atoms with Gasteiger partial charge in [-0.25, -0.2) is 18.4 Å². The molecule has 13 heteroatoms. The van der Waals surface area contributed by atoms with Gasteiger partial charge in [0.2, 0.25) is 15.3 Å². The molecule has 1 aromatic carbocycles. The highest BCUT2D eigenvalue weighted by Gasteiger charge is 2.39. The fourth-order valence-corrected chi connectivity index (χ4v) is 6.07. The normalized spacial score (nSPS) is 18.8. The number of nitrogens with zero attached hydrogens (tertiary/aromatic N) is 3. The molecule has 33 heavy (non-hydrogen) atoms. The van der Waals surface area contributed by atoms with Gasteiger partial charge in [0.05, 0.1) is 29.1 Å². The zero-order chi connectivity index (χ0) is 24.0. The molecule has 4 rings (SSSR count). The summed E-state index contributed by atoms with van der Waals surface area (Å²) in [6.45, 7) is 2.53. The lowest BCUT2D eigenvalue weighted by molar-refractivity contribution is -0.137. The van der Waals surface area contributed by atoms with E-state index in [-0.39, 0.29) is 29.9 Å². The number of anilines is 2. The molecule has 0 spiro atoms. The Bertz CT molecular complexity index is 1160. The van der Waals surface area contributed by atoms with Crippen LogP contribution in [-0.2, 0) is 34.0 Å². The van der Waals surface area contributed by atoms with E-state index in [9.17, 15) is 21.6 Å². The number of nitrogen functional groups attached to an aromatic ring is 1. The number of aromatic nitrogens is 2. The second-order valence-corrected chi connectivity index (χ2v) is 10.7. The molecular weight excluding hydrogens is 483 g/mol. The van der Waals surface area contributed by atoms with E-state index in [4.69, 9.17) is 22.1 Å². The molecular formula is C20H23ClF3N5O3S. The maximum atomic E-state index is 13.2. The van der Waals surface area contributed by atoms with Gasteiger partial charge in [-0.3, -0.25) is 0 Å². The van der Waals surface area contributed by atoms with E-state index in [1.54, 1.807) is 6.92 Å². The van der Waals surface area contributed by atoms with Crippen molar-refractivity contribution < 1.29 is 26.3 Å². The van der Waals surface area contributed by atoms with Crippen LogP contribution in [0.3, 0.4) is 0 Å². The predicted octanol–water partition coefficient (Wildman–Crippen LogP) is 3.73. The molecule has 8 nitrogen and oxygen atoms in total. The Kier molecular flexibility index (Phi) is 6.47. The first-order chi connectivity index (χ1) is 15.4. The quantitative estimate of drug-likeness (QED) is 0.470. The summed E-state index contributed by atoms with van der Waals surface area (Å²) in [5.41, 5.74) is 6.11. The summed E-state index contributed by atoms with van der Waals surface area (Å²) < 4.78 is 72.4. The van der Waals surface area contributed by atoms with Gasteiger partial charge in [-0.1, -0.05) is 0 Å². The molecule has 0 aliphatic carbocycles. The fourth-order valence-electron chi connectivity index (χ4n) is 4.06. The summed E-state index contributed by atoms with van der Waals surface area (Å²) in [4.78, 5) is 8.36. The topological polar surface area (TPSA) is 110 Å². The summed E-state index contributed by atoms with van der Waals surface area (Å²) in [5, 5.41) is 2.44. The van der Waals surface area contributed by atoms with Crippen molar-refractivity contribution in [1.82, 2.24) is 14.3 Å². The van der Waals surface area contributed by atoms with Gasteiger partial charge in [0.1, 0.15) is 5.82 Å².